The van der Waals surface area contributed by atoms with Crippen LogP contribution in [0.3, 0.4) is 0 Å². The lowest BCUT2D eigenvalue weighted by Crippen LogP contribution is -2.58. The standard InChI is InChI=1S/C20H29N5O7S/c21-12(8-11-4-2-1-3-5-11)17(28)25-15(10-33)19(30)23-13(6-7-16(22)27)18(29)24-14(9-26)20(31)32/h1-5,12-15,26,33H,6-10,21H2,(H2,22,27)(H,23,30)(H,24,29)(H,25,28)(H,31,32). The highest BCUT2D eigenvalue weighted by molar-refractivity contribution is 7.80. The van der Waals surface area contributed by atoms with E-state index in [1.54, 1.807) is 24.3 Å². The maximum absolute atomic E-state index is 12.7. The molecule has 0 aliphatic heterocycles. The van der Waals surface area contributed by atoms with Crippen molar-refractivity contribution in [3.8, 4) is 0 Å². The number of nitrogens with two attached hydrogens (primary N) is 2. The Hall–Kier alpha value is -3.16. The summed E-state index contributed by atoms with van der Waals surface area (Å²) in [6.45, 7) is -0.883. The van der Waals surface area contributed by atoms with Gasteiger partial charge in [0.25, 0.3) is 0 Å². The number of aliphatic hydroxyl groups is 1. The second kappa shape index (κ2) is 14.1. The number of aliphatic carboxylic acids is 1. The normalized spacial score (nSPS) is 14.3. The number of amides is 4. The molecule has 0 fully saturated rings. The Kier molecular flexibility index (Phi) is 11.9. The summed E-state index contributed by atoms with van der Waals surface area (Å²) in [5, 5.41) is 24.9. The van der Waals surface area contributed by atoms with Gasteiger partial charge in [0.15, 0.2) is 0 Å². The summed E-state index contributed by atoms with van der Waals surface area (Å²) >= 11 is 4.05. The van der Waals surface area contributed by atoms with Crippen LogP contribution in [0.25, 0.3) is 0 Å². The Morgan fingerprint density at radius 1 is 0.909 bits per heavy atom. The molecule has 0 saturated carbocycles. The molecular weight excluding hydrogens is 454 g/mol. The number of hydrogen-bond donors (Lipinski definition) is 8. The number of thiol groups is 1. The predicted molar refractivity (Wildman–Crippen MR) is 121 cm³/mol. The van der Waals surface area contributed by atoms with E-state index in [0.29, 0.717) is 0 Å². The van der Waals surface area contributed by atoms with E-state index in [1.165, 1.54) is 0 Å². The molecule has 0 aliphatic carbocycles. The van der Waals surface area contributed by atoms with Crippen LogP contribution in [-0.4, -0.2) is 76.3 Å². The molecule has 0 spiro atoms. The molecule has 0 aromatic heterocycles. The van der Waals surface area contributed by atoms with Crippen LogP contribution in [0.15, 0.2) is 30.3 Å². The first-order valence-corrected chi connectivity index (χ1v) is 10.7. The highest BCUT2D eigenvalue weighted by Gasteiger charge is 2.29. The fourth-order valence-electron chi connectivity index (χ4n) is 2.72. The van der Waals surface area contributed by atoms with Gasteiger partial charge in [-0.1, -0.05) is 30.3 Å². The molecule has 0 heterocycles. The number of carboxylic acids is 1. The van der Waals surface area contributed by atoms with E-state index >= 15 is 0 Å². The Morgan fingerprint density at radius 3 is 1.97 bits per heavy atom. The highest BCUT2D eigenvalue weighted by atomic mass is 32.1. The van der Waals surface area contributed by atoms with Crippen molar-refractivity contribution < 1.29 is 34.2 Å². The van der Waals surface area contributed by atoms with Crippen LogP contribution in [0.4, 0.5) is 0 Å². The van der Waals surface area contributed by atoms with E-state index in [9.17, 15) is 24.0 Å². The second-order valence-electron chi connectivity index (χ2n) is 7.19. The number of carbonyl (C=O) groups excluding carboxylic acids is 4. The SMILES string of the molecule is NC(=O)CCC(NC(=O)C(CS)NC(=O)C(N)Cc1ccccc1)C(=O)NC(CO)C(=O)O. The maximum atomic E-state index is 12.7. The minimum absolute atomic E-state index is 0.131. The zero-order valence-electron chi connectivity index (χ0n) is 17.8. The number of primary amides is 1. The van der Waals surface area contributed by atoms with Crippen LogP contribution in [0.5, 0.6) is 0 Å². The second-order valence-corrected chi connectivity index (χ2v) is 7.55. The number of carboxylic acid groups (broad SMARTS) is 1. The number of aliphatic hydroxyl groups excluding tert-OH is 1. The van der Waals surface area contributed by atoms with E-state index in [0.717, 1.165) is 5.56 Å². The third kappa shape index (κ3) is 9.89. The fourth-order valence-corrected chi connectivity index (χ4v) is 2.98. The molecule has 33 heavy (non-hydrogen) atoms. The highest BCUT2D eigenvalue weighted by Crippen LogP contribution is 2.04. The lowest BCUT2D eigenvalue weighted by Gasteiger charge is -2.24. The molecule has 0 bridgehead atoms. The largest absolute Gasteiger partial charge is 0.480 e. The van der Waals surface area contributed by atoms with E-state index in [1.807, 2.05) is 6.07 Å². The van der Waals surface area contributed by atoms with Crippen molar-refractivity contribution in [2.24, 2.45) is 11.5 Å². The van der Waals surface area contributed by atoms with Crippen LogP contribution in [-0.2, 0) is 30.4 Å². The van der Waals surface area contributed by atoms with Crippen molar-refractivity contribution in [1.82, 2.24) is 16.0 Å². The monoisotopic (exact) mass is 483 g/mol. The molecule has 1 aromatic rings. The average molecular weight is 484 g/mol. The predicted octanol–water partition coefficient (Wildman–Crippen LogP) is -2.72. The van der Waals surface area contributed by atoms with Gasteiger partial charge in [-0.25, -0.2) is 4.79 Å². The third-order valence-electron chi connectivity index (χ3n) is 4.56. The van der Waals surface area contributed by atoms with Gasteiger partial charge in [0, 0.05) is 12.2 Å². The lowest BCUT2D eigenvalue weighted by molar-refractivity contribution is -0.143. The van der Waals surface area contributed by atoms with Gasteiger partial charge in [-0.15, -0.1) is 0 Å². The summed E-state index contributed by atoms with van der Waals surface area (Å²) in [5.74, 6) is -4.73. The van der Waals surface area contributed by atoms with Crippen LogP contribution < -0.4 is 27.4 Å². The van der Waals surface area contributed by atoms with Gasteiger partial charge in [-0.3, -0.25) is 19.2 Å². The number of hydrogen-bond acceptors (Lipinski definition) is 8. The van der Waals surface area contributed by atoms with E-state index in [2.05, 4.69) is 28.6 Å². The molecule has 4 unspecified atom stereocenters. The van der Waals surface area contributed by atoms with Gasteiger partial charge >= 0.3 is 5.97 Å². The number of benzene rings is 1. The molecule has 9 N–H and O–H groups in total. The quantitative estimate of drug-likeness (QED) is 0.130. The minimum atomic E-state index is -1.61. The first kappa shape index (κ1) is 27.9. The van der Waals surface area contributed by atoms with Crippen molar-refractivity contribution in [3.63, 3.8) is 0 Å². The van der Waals surface area contributed by atoms with Crippen molar-refractivity contribution in [2.75, 3.05) is 12.4 Å². The number of carbonyl (C=O) groups is 5. The van der Waals surface area contributed by atoms with E-state index in [4.69, 9.17) is 21.7 Å². The smallest absolute Gasteiger partial charge is 0.328 e. The van der Waals surface area contributed by atoms with Crippen molar-refractivity contribution in [3.05, 3.63) is 35.9 Å². The Balaban J connectivity index is 2.82. The van der Waals surface area contributed by atoms with Crippen molar-refractivity contribution >= 4 is 42.2 Å². The zero-order valence-corrected chi connectivity index (χ0v) is 18.7. The summed E-state index contributed by atoms with van der Waals surface area (Å²) < 4.78 is 0. The molecule has 1 rings (SSSR count). The summed E-state index contributed by atoms with van der Waals surface area (Å²) in [5.41, 5.74) is 11.8. The van der Waals surface area contributed by atoms with Crippen molar-refractivity contribution in [2.45, 2.75) is 43.4 Å². The Bertz CT molecular complexity index is 839. The lowest BCUT2D eigenvalue weighted by atomic mass is 10.1. The maximum Gasteiger partial charge on any atom is 0.328 e. The molecule has 1 aromatic carbocycles. The van der Waals surface area contributed by atoms with Gasteiger partial charge in [0.1, 0.15) is 18.1 Å². The van der Waals surface area contributed by atoms with Crippen LogP contribution >= 0.6 is 12.6 Å². The zero-order chi connectivity index (χ0) is 25.0. The Labute approximate surface area is 195 Å². The summed E-state index contributed by atoms with van der Waals surface area (Å²) in [6, 6.07) is 3.94. The summed E-state index contributed by atoms with van der Waals surface area (Å²) in [4.78, 5) is 59.7. The van der Waals surface area contributed by atoms with Gasteiger partial charge in [-0.05, 0) is 18.4 Å². The summed E-state index contributed by atoms with van der Waals surface area (Å²) in [7, 11) is 0. The van der Waals surface area contributed by atoms with Crippen LogP contribution in [0.2, 0.25) is 0 Å². The summed E-state index contributed by atoms with van der Waals surface area (Å²) in [6.07, 6.45) is -0.282. The molecule has 13 heteroatoms. The van der Waals surface area contributed by atoms with E-state index < -0.39 is 60.4 Å². The van der Waals surface area contributed by atoms with Gasteiger partial charge in [0.2, 0.25) is 23.6 Å². The molecule has 12 nitrogen and oxygen atoms in total. The minimum Gasteiger partial charge on any atom is -0.480 e. The topological polar surface area (TPSA) is 214 Å². The van der Waals surface area contributed by atoms with Crippen LogP contribution in [0.1, 0.15) is 18.4 Å². The first-order valence-electron chi connectivity index (χ1n) is 10.0. The van der Waals surface area contributed by atoms with E-state index in [-0.39, 0.29) is 25.0 Å². The number of nitrogens with one attached hydrogen (secondary N) is 3. The van der Waals surface area contributed by atoms with Gasteiger partial charge in [-0.2, -0.15) is 12.6 Å². The van der Waals surface area contributed by atoms with Crippen molar-refractivity contribution in [1.29, 1.82) is 0 Å². The molecule has 4 amide bonds. The molecular formula is C20H29N5O7S. The molecule has 4 atom stereocenters. The van der Waals surface area contributed by atoms with Gasteiger partial charge in [0.05, 0.1) is 12.6 Å². The molecule has 182 valence electrons. The molecule has 0 radical (unpaired) electrons. The van der Waals surface area contributed by atoms with Gasteiger partial charge < -0.3 is 37.6 Å². The number of rotatable bonds is 14. The first-order chi connectivity index (χ1) is 15.6. The van der Waals surface area contributed by atoms with Crippen LogP contribution in [0, 0.1) is 0 Å². The Morgan fingerprint density at radius 2 is 1.45 bits per heavy atom. The third-order valence-corrected chi connectivity index (χ3v) is 4.93. The average Bonchev–Trinajstić information content (AvgIpc) is 2.78. The fraction of sp³-hybridized carbons (Fsp3) is 0.450. The molecule has 0 aliphatic rings. The molecule has 0 saturated heterocycles.